The fourth-order valence-corrected chi connectivity index (χ4v) is 9.50. The molecule has 2 saturated heterocycles. The number of ketones is 1. The number of carbonyl (C=O) groups is 14. The predicted octanol–water partition coefficient (Wildman–Crippen LogP) is -3.06. The number of rotatable bonds is 20. The fraction of sp³-hybridized carbons (Fsp3) is 0.673. The maximum atomic E-state index is 14.6. The van der Waals surface area contributed by atoms with Crippen LogP contribution in [0.3, 0.4) is 0 Å². The van der Waals surface area contributed by atoms with Crippen LogP contribution in [0.25, 0.3) is 0 Å². The topological polar surface area (TPSA) is 460 Å². The third kappa shape index (κ3) is 22.7. The summed E-state index contributed by atoms with van der Waals surface area (Å²) in [5, 5.41) is 41.6. The van der Waals surface area contributed by atoms with Gasteiger partial charge in [-0.3, -0.25) is 67.1 Å². The molecule has 470 valence electrons. The Kier molecular flexibility index (Phi) is 30.4. The standard InChI is InChI=1S/C55H89N13O16/c1-10-32(70)22-19-17-15-13-14-16-18-21-29(6)43-45(74)53(82)64-42(28(4)5)52(81)61-34(12-3)48(77)63-36(26-40(57)72)50(79)60-33(11-2)47(76)62-35(25-39(56)71)49(78)59-30(7)46(75)66-44(31(8)69)55(84)67(9)38(27-41(58)73)54(83)68-24-20-23-37(68)51(80)65-43/h11-12,28-31,35-38,42-45,69,74H,10,13-27H2,1-9H3,(H2,56,71)(H2,57,72)(H2,58,73)(H,59,78)(H,60,79)(H,61,81)(H,62,76)(H,63,77)(H,64,82)(H,65,80)(H,66,75)/t29-,30+,31+,35-,36-,37-,38-,42-,43+,44-,45+/m0/s1. The van der Waals surface area contributed by atoms with E-state index in [1.165, 1.54) is 13.8 Å². The summed E-state index contributed by atoms with van der Waals surface area (Å²) in [6.45, 7) is 11.4. The van der Waals surface area contributed by atoms with E-state index in [0.29, 0.717) is 25.7 Å². The number of nitrogens with one attached hydrogen (secondary N) is 8. The number of fused-ring (bicyclic) bond motifs is 1. The first-order valence-corrected chi connectivity index (χ1v) is 28.5. The van der Waals surface area contributed by atoms with Crippen molar-refractivity contribution in [1.29, 1.82) is 0 Å². The lowest BCUT2D eigenvalue weighted by molar-refractivity contribution is -0.151. The minimum atomic E-state index is -2.05. The minimum absolute atomic E-state index is 0.0370. The van der Waals surface area contributed by atoms with Crippen molar-refractivity contribution in [2.24, 2.45) is 29.0 Å². The second-order valence-electron chi connectivity index (χ2n) is 21.7. The van der Waals surface area contributed by atoms with Crippen molar-refractivity contribution in [3.05, 3.63) is 23.5 Å². The molecule has 16 N–H and O–H groups in total. The number of unbranched alkanes of at least 4 members (excludes halogenated alkanes) is 6. The maximum absolute atomic E-state index is 14.6. The van der Waals surface area contributed by atoms with Crippen molar-refractivity contribution >= 4 is 82.6 Å². The molecule has 2 rings (SSSR count). The van der Waals surface area contributed by atoms with E-state index in [4.69, 9.17) is 17.2 Å². The average molecular weight is 1190 g/mol. The summed E-state index contributed by atoms with van der Waals surface area (Å²) in [5.41, 5.74) is 15.3. The van der Waals surface area contributed by atoms with Gasteiger partial charge in [-0.05, 0) is 65.2 Å². The molecule has 84 heavy (non-hydrogen) atoms. The Bertz CT molecular complexity index is 2480. The van der Waals surface area contributed by atoms with Gasteiger partial charge in [0.25, 0.3) is 17.7 Å². The molecule has 13 amide bonds. The quantitative estimate of drug-likeness (QED) is 0.0425. The molecule has 0 saturated carbocycles. The summed E-state index contributed by atoms with van der Waals surface area (Å²) >= 11 is 0. The smallest absolute Gasteiger partial charge is 0.268 e. The first kappa shape index (κ1) is 72.3. The molecule has 0 aromatic rings. The van der Waals surface area contributed by atoms with E-state index in [2.05, 4.69) is 42.5 Å². The summed E-state index contributed by atoms with van der Waals surface area (Å²) in [6, 6.07) is -13.1. The Morgan fingerprint density at radius 2 is 1.12 bits per heavy atom. The molecular weight excluding hydrogens is 1100 g/mol. The number of allylic oxidation sites excluding steroid dienone is 2. The van der Waals surface area contributed by atoms with Crippen molar-refractivity contribution in [3.63, 3.8) is 0 Å². The SMILES string of the molecule is CC=C1NC(=O)[C@H](CC(N)=O)NC(=O)C(=CC)NC(=O)[C@H](C(C)C)NC(=O)[C@H](O)[C@@H]([C@@H](C)CCCCCCCCCC(=O)CC)NC(=O)[C@@H]2CCCN2C(=O)[C@H](CC(N)=O)N(C)C(=O)[C@H]([C@@H](C)O)NC(=O)[C@@H](C)NC(=O)[C@H](CC(N)=O)NC1=O. The minimum Gasteiger partial charge on any atom is -0.391 e. The second-order valence-corrected chi connectivity index (χ2v) is 21.7. The summed E-state index contributed by atoms with van der Waals surface area (Å²) in [6.07, 6.45) is 3.22. The van der Waals surface area contributed by atoms with E-state index >= 15 is 0 Å². The third-order valence-electron chi connectivity index (χ3n) is 14.6. The number of likely N-dealkylation sites (N-methyl/N-ethyl adjacent to an activating group) is 1. The van der Waals surface area contributed by atoms with Gasteiger partial charge in [-0.1, -0.05) is 78.4 Å². The molecule has 2 fully saturated rings. The van der Waals surface area contributed by atoms with Gasteiger partial charge < -0.3 is 79.7 Å². The molecule has 2 aliphatic rings. The van der Waals surface area contributed by atoms with Gasteiger partial charge in [0.2, 0.25) is 59.1 Å². The number of nitrogens with zero attached hydrogens (tertiary/aromatic N) is 2. The Labute approximate surface area is 489 Å². The number of hydrogen-bond acceptors (Lipinski definition) is 16. The van der Waals surface area contributed by atoms with Crippen molar-refractivity contribution in [2.75, 3.05) is 13.6 Å². The molecule has 0 bridgehead atoms. The second kappa shape index (κ2) is 35.3. The molecule has 0 unspecified atom stereocenters. The van der Waals surface area contributed by atoms with Crippen LogP contribution in [0, 0.1) is 11.8 Å². The number of hydrogen-bond donors (Lipinski definition) is 13. The van der Waals surface area contributed by atoms with Gasteiger partial charge >= 0.3 is 0 Å². The van der Waals surface area contributed by atoms with Crippen LogP contribution in [-0.4, -0.2) is 177 Å². The number of amides is 13. The van der Waals surface area contributed by atoms with Crippen LogP contribution in [0.4, 0.5) is 0 Å². The largest absolute Gasteiger partial charge is 0.391 e. The van der Waals surface area contributed by atoms with Gasteiger partial charge in [-0.15, -0.1) is 0 Å². The van der Waals surface area contributed by atoms with Crippen molar-refractivity contribution < 1.29 is 77.3 Å². The van der Waals surface area contributed by atoms with E-state index in [1.54, 1.807) is 20.8 Å². The predicted molar refractivity (Wildman–Crippen MR) is 302 cm³/mol. The van der Waals surface area contributed by atoms with Crippen molar-refractivity contribution in [2.45, 2.75) is 212 Å². The van der Waals surface area contributed by atoms with Crippen LogP contribution < -0.4 is 59.7 Å². The maximum Gasteiger partial charge on any atom is 0.268 e. The highest BCUT2D eigenvalue weighted by atomic mass is 16.3. The normalized spacial score (nSPS) is 26.3. The Morgan fingerprint density at radius 1 is 0.619 bits per heavy atom. The van der Waals surface area contributed by atoms with Gasteiger partial charge in [0, 0.05) is 26.4 Å². The molecule has 0 aromatic heterocycles. The highest BCUT2D eigenvalue weighted by molar-refractivity contribution is 6.05. The lowest BCUT2D eigenvalue weighted by Gasteiger charge is -2.36. The number of carbonyl (C=O) groups excluding carboxylic acids is 14. The lowest BCUT2D eigenvalue weighted by atomic mass is 9.90. The van der Waals surface area contributed by atoms with Crippen LogP contribution in [0.2, 0.25) is 0 Å². The van der Waals surface area contributed by atoms with Gasteiger partial charge in [0.1, 0.15) is 59.5 Å². The highest BCUT2D eigenvalue weighted by Crippen LogP contribution is 2.24. The number of aliphatic hydroxyl groups excluding tert-OH is 2. The molecule has 11 atom stereocenters. The number of nitrogens with two attached hydrogens (primary N) is 3. The van der Waals surface area contributed by atoms with Crippen molar-refractivity contribution in [3.8, 4) is 0 Å². The molecule has 29 nitrogen and oxygen atoms in total. The highest BCUT2D eigenvalue weighted by Gasteiger charge is 2.44. The molecule has 29 heteroatoms. The molecular formula is C55H89N13O16. The zero-order chi connectivity index (χ0) is 63.7. The molecule has 2 heterocycles. The molecule has 0 spiro atoms. The van der Waals surface area contributed by atoms with Crippen LogP contribution in [0.1, 0.15) is 152 Å². The van der Waals surface area contributed by atoms with E-state index in [9.17, 15) is 77.3 Å². The third-order valence-corrected chi connectivity index (χ3v) is 14.6. The van der Waals surface area contributed by atoms with Crippen LogP contribution in [0.15, 0.2) is 23.5 Å². The van der Waals surface area contributed by atoms with Crippen LogP contribution in [-0.2, 0) is 67.1 Å². The molecule has 0 aromatic carbocycles. The Hall–Kier alpha value is -7.82. The van der Waals surface area contributed by atoms with E-state index in [-0.39, 0.29) is 25.2 Å². The monoisotopic (exact) mass is 1190 g/mol. The summed E-state index contributed by atoms with van der Waals surface area (Å²) in [4.78, 5) is 190. The number of primary amides is 3. The summed E-state index contributed by atoms with van der Waals surface area (Å²) < 4.78 is 0. The Morgan fingerprint density at radius 3 is 1.62 bits per heavy atom. The van der Waals surface area contributed by atoms with E-state index in [1.807, 2.05) is 6.92 Å². The summed E-state index contributed by atoms with van der Waals surface area (Å²) in [7, 11) is 1.09. The molecule has 0 radical (unpaired) electrons. The number of Topliss-reactive ketones (excluding diaryl/α,β-unsaturated/α-hetero) is 1. The van der Waals surface area contributed by atoms with Crippen LogP contribution in [0.5, 0.6) is 0 Å². The first-order valence-electron chi connectivity index (χ1n) is 28.5. The van der Waals surface area contributed by atoms with Gasteiger partial charge in [-0.2, -0.15) is 0 Å². The summed E-state index contributed by atoms with van der Waals surface area (Å²) in [5.74, 6) is -15.4. The van der Waals surface area contributed by atoms with E-state index in [0.717, 1.165) is 81.4 Å². The van der Waals surface area contributed by atoms with E-state index < -0.39 is 180 Å². The lowest BCUT2D eigenvalue weighted by Crippen LogP contribution is -2.62. The average Bonchev–Trinajstić information content (AvgIpc) is 4.06. The van der Waals surface area contributed by atoms with Crippen LogP contribution >= 0.6 is 0 Å². The van der Waals surface area contributed by atoms with Gasteiger partial charge in [0.15, 0.2) is 6.10 Å². The first-order chi connectivity index (χ1) is 39.4. The molecule has 2 aliphatic heterocycles. The zero-order valence-electron chi connectivity index (χ0n) is 49.6. The van der Waals surface area contributed by atoms with Gasteiger partial charge in [0.05, 0.1) is 31.4 Å². The number of aliphatic hydroxyl groups is 2. The Balaban J connectivity index is 2.76. The zero-order valence-corrected chi connectivity index (χ0v) is 49.6. The molecule has 0 aliphatic carbocycles. The van der Waals surface area contributed by atoms with Gasteiger partial charge in [-0.25, -0.2) is 0 Å². The van der Waals surface area contributed by atoms with Crippen molar-refractivity contribution in [1.82, 2.24) is 52.3 Å². The fourth-order valence-electron chi connectivity index (χ4n) is 9.50.